The molecule has 1 aliphatic rings. The molecule has 1 heterocycles. The summed E-state index contributed by atoms with van der Waals surface area (Å²) in [5.74, 6) is 0.0211. The number of imide groups is 1. The molecule has 3 aromatic rings. The van der Waals surface area contributed by atoms with Gasteiger partial charge >= 0.3 is 6.03 Å². The lowest BCUT2D eigenvalue weighted by atomic mass is 10.1. The number of hydrogen-bond acceptors (Lipinski definition) is 4. The summed E-state index contributed by atoms with van der Waals surface area (Å²) in [4.78, 5) is 26.5. The molecule has 6 nitrogen and oxygen atoms in total. The molecule has 8 heteroatoms. The first-order valence-electron chi connectivity index (χ1n) is 10.5. The topological polar surface area (TPSA) is 67.9 Å². The van der Waals surface area contributed by atoms with Crippen LogP contribution in [0.4, 0.5) is 9.18 Å². The summed E-state index contributed by atoms with van der Waals surface area (Å²) in [6.45, 7) is 2.15. The third-order valence-corrected chi connectivity index (χ3v) is 5.87. The highest BCUT2D eigenvalue weighted by atomic mass is 79.9. The van der Waals surface area contributed by atoms with Crippen LogP contribution in [0.5, 0.6) is 11.5 Å². The zero-order chi connectivity index (χ0) is 24.2. The van der Waals surface area contributed by atoms with Gasteiger partial charge in [-0.3, -0.25) is 9.69 Å². The van der Waals surface area contributed by atoms with Crippen LogP contribution in [-0.2, 0) is 17.9 Å². The van der Waals surface area contributed by atoms with Crippen LogP contribution in [0.3, 0.4) is 0 Å². The van der Waals surface area contributed by atoms with E-state index in [1.54, 1.807) is 36.4 Å². The number of nitrogens with zero attached hydrogens (tertiary/aromatic N) is 1. The lowest BCUT2D eigenvalue weighted by molar-refractivity contribution is -0.123. The minimum atomic E-state index is -0.478. The van der Waals surface area contributed by atoms with Gasteiger partial charge in [0.2, 0.25) is 0 Å². The maximum atomic E-state index is 13.9. The van der Waals surface area contributed by atoms with Crippen LogP contribution in [0.15, 0.2) is 70.8 Å². The van der Waals surface area contributed by atoms with Crippen LogP contribution in [-0.4, -0.2) is 23.9 Å². The average molecular weight is 525 g/mol. The molecule has 174 valence electrons. The smallest absolute Gasteiger partial charge is 0.329 e. The summed E-state index contributed by atoms with van der Waals surface area (Å²) in [6.07, 6.45) is 1.57. The lowest BCUT2D eigenvalue weighted by Crippen LogP contribution is -2.30. The van der Waals surface area contributed by atoms with Gasteiger partial charge in [-0.2, -0.15) is 0 Å². The van der Waals surface area contributed by atoms with Gasteiger partial charge in [-0.25, -0.2) is 9.18 Å². The van der Waals surface area contributed by atoms with Crippen LogP contribution < -0.4 is 14.8 Å². The lowest BCUT2D eigenvalue weighted by Gasteiger charge is -2.14. The summed E-state index contributed by atoms with van der Waals surface area (Å²) in [5, 5.41) is 2.63. The molecule has 0 atom stereocenters. The highest BCUT2D eigenvalue weighted by Gasteiger charge is 2.33. The first-order chi connectivity index (χ1) is 16.4. The van der Waals surface area contributed by atoms with Gasteiger partial charge < -0.3 is 14.8 Å². The minimum absolute atomic E-state index is 0.0184. The predicted octanol–water partition coefficient (Wildman–Crippen LogP) is 5.58. The number of nitrogens with one attached hydrogen (secondary N) is 1. The van der Waals surface area contributed by atoms with Crippen LogP contribution in [0, 0.1) is 12.7 Å². The fraction of sp³-hybridized carbons (Fsp3) is 0.154. The fourth-order valence-electron chi connectivity index (χ4n) is 3.60. The molecule has 1 fully saturated rings. The van der Waals surface area contributed by atoms with Crippen molar-refractivity contribution < 1.29 is 23.5 Å². The normalized spacial score (nSPS) is 14.5. The van der Waals surface area contributed by atoms with Crippen molar-refractivity contribution in [3.8, 4) is 11.5 Å². The second-order valence-electron chi connectivity index (χ2n) is 7.78. The minimum Gasteiger partial charge on any atom is -0.493 e. The quantitative estimate of drug-likeness (QED) is 0.323. The maximum Gasteiger partial charge on any atom is 0.329 e. The zero-order valence-corrected chi connectivity index (χ0v) is 20.2. The molecule has 1 saturated heterocycles. The number of carbonyl (C=O) groups is 2. The van der Waals surface area contributed by atoms with E-state index in [1.165, 1.54) is 18.1 Å². The zero-order valence-electron chi connectivity index (χ0n) is 18.6. The molecule has 0 saturated carbocycles. The summed E-state index contributed by atoms with van der Waals surface area (Å²) in [7, 11) is 1.49. The Labute approximate surface area is 205 Å². The van der Waals surface area contributed by atoms with E-state index in [-0.39, 0.29) is 24.7 Å². The van der Waals surface area contributed by atoms with Gasteiger partial charge in [-0.05, 0) is 58.3 Å². The second kappa shape index (κ2) is 10.1. The van der Waals surface area contributed by atoms with Crippen molar-refractivity contribution in [2.75, 3.05) is 7.11 Å². The molecule has 0 aliphatic carbocycles. The number of hydrogen-bond donors (Lipinski definition) is 1. The molecular formula is C26H22BrFN2O4. The van der Waals surface area contributed by atoms with Crippen molar-refractivity contribution in [1.29, 1.82) is 0 Å². The SMILES string of the molecule is COc1cc(/C=C2/NC(=O)N(Cc3cccc(C)c3)C2=O)cc(Br)c1OCc1ccccc1F. The van der Waals surface area contributed by atoms with Gasteiger partial charge in [0.05, 0.1) is 18.1 Å². The van der Waals surface area contributed by atoms with E-state index in [4.69, 9.17) is 9.47 Å². The number of halogens is 2. The molecule has 1 aliphatic heterocycles. The van der Waals surface area contributed by atoms with E-state index in [0.29, 0.717) is 27.1 Å². The Morgan fingerprint density at radius 2 is 1.88 bits per heavy atom. The third kappa shape index (κ3) is 5.12. The maximum absolute atomic E-state index is 13.9. The van der Waals surface area contributed by atoms with E-state index >= 15 is 0 Å². The van der Waals surface area contributed by atoms with Crippen molar-refractivity contribution in [2.24, 2.45) is 0 Å². The number of aryl methyl sites for hydroxylation is 1. The summed E-state index contributed by atoms with van der Waals surface area (Å²) >= 11 is 3.46. The molecule has 0 spiro atoms. The number of ether oxygens (including phenoxy) is 2. The van der Waals surface area contributed by atoms with Gasteiger partial charge in [0.15, 0.2) is 11.5 Å². The Kier molecular flexibility index (Phi) is 6.98. The molecule has 34 heavy (non-hydrogen) atoms. The van der Waals surface area contributed by atoms with Crippen LogP contribution in [0.2, 0.25) is 0 Å². The Bertz CT molecular complexity index is 1290. The Hall–Kier alpha value is -3.65. The molecule has 3 amide bonds. The van der Waals surface area contributed by atoms with E-state index in [0.717, 1.165) is 11.1 Å². The first kappa shape index (κ1) is 23.5. The highest BCUT2D eigenvalue weighted by molar-refractivity contribution is 9.10. The van der Waals surface area contributed by atoms with Gasteiger partial charge in [-0.1, -0.05) is 48.0 Å². The van der Waals surface area contributed by atoms with Gasteiger partial charge in [-0.15, -0.1) is 0 Å². The predicted molar refractivity (Wildman–Crippen MR) is 130 cm³/mol. The fourth-order valence-corrected chi connectivity index (χ4v) is 4.18. The molecule has 0 aromatic heterocycles. The Morgan fingerprint density at radius 3 is 2.62 bits per heavy atom. The van der Waals surface area contributed by atoms with E-state index in [2.05, 4.69) is 21.2 Å². The molecule has 0 unspecified atom stereocenters. The van der Waals surface area contributed by atoms with Gasteiger partial charge in [0.1, 0.15) is 18.1 Å². The Balaban J connectivity index is 1.54. The number of carbonyl (C=O) groups excluding carboxylic acids is 2. The average Bonchev–Trinajstić information content (AvgIpc) is 3.06. The summed E-state index contributed by atoms with van der Waals surface area (Å²) in [5.41, 5.74) is 3.10. The van der Waals surface area contributed by atoms with Gasteiger partial charge in [0, 0.05) is 5.56 Å². The monoisotopic (exact) mass is 524 g/mol. The molecule has 0 bridgehead atoms. The second-order valence-corrected chi connectivity index (χ2v) is 8.64. The van der Waals surface area contributed by atoms with Crippen LogP contribution in [0.25, 0.3) is 6.08 Å². The van der Waals surface area contributed by atoms with Crippen molar-refractivity contribution >= 4 is 33.9 Å². The van der Waals surface area contributed by atoms with Crippen LogP contribution >= 0.6 is 15.9 Å². The van der Waals surface area contributed by atoms with E-state index in [9.17, 15) is 14.0 Å². The third-order valence-electron chi connectivity index (χ3n) is 5.28. The number of urea groups is 1. The number of rotatable bonds is 7. The summed E-state index contributed by atoms with van der Waals surface area (Å²) in [6, 6.07) is 16.9. The van der Waals surface area contributed by atoms with Crippen molar-refractivity contribution in [3.63, 3.8) is 0 Å². The van der Waals surface area contributed by atoms with E-state index in [1.807, 2.05) is 31.2 Å². The van der Waals surface area contributed by atoms with Crippen molar-refractivity contribution in [2.45, 2.75) is 20.1 Å². The molecule has 1 N–H and O–H groups in total. The number of methoxy groups -OCH3 is 1. The van der Waals surface area contributed by atoms with Crippen LogP contribution in [0.1, 0.15) is 22.3 Å². The van der Waals surface area contributed by atoms with Crippen molar-refractivity contribution in [1.82, 2.24) is 10.2 Å². The number of benzene rings is 3. The summed E-state index contributed by atoms with van der Waals surface area (Å²) < 4.78 is 25.7. The number of amides is 3. The Morgan fingerprint density at radius 1 is 1.09 bits per heavy atom. The largest absolute Gasteiger partial charge is 0.493 e. The molecular weight excluding hydrogens is 503 g/mol. The van der Waals surface area contributed by atoms with Crippen molar-refractivity contribution in [3.05, 3.63) is 98.9 Å². The molecule has 0 radical (unpaired) electrons. The van der Waals surface area contributed by atoms with E-state index < -0.39 is 11.9 Å². The molecule has 4 rings (SSSR count). The molecule has 3 aromatic carbocycles. The van der Waals surface area contributed by atoms with Gasteiger partial charge in [0.25, 0.3) is 5.91 Å². The highest BCUT2D eigenvalue weighted by Crippen LogP contribution is 2.38. The standard InChI is InChI=1S/C26H22BrFN2O4/c1-16-6-5-7-17(10-16)14-30-25(31)22(29-26(30)32)12-18-11-20(27)24(23(13-18)33-2)34-15-19-8-3-4-9-21(19)28/h3-13H,14-15H2,1-2H3,(H,29,32)/b22-12+. The first-order valence-corrected chi connectivity index (χ1v) is 11.3.